The fraction of sp³-hybridized carbons (Fsp3) is 0.800. The third-order valence-corrected chi connectivity index (χ3v) is 1.30. The van der Waals surface area contributed by atoms with Gasteiger partial charge in [-0.1, -0.05) is 5.16 Å². The van der Waals surface area contributed by atoms with Crippen molar-refractivity contribution in [1.29, 1.82) is 0 Å². The maximum atomic E-state index is 8.95. The number of aliphatic hydroxyl groups excluding tert-OH is 1. The molecule has 4 heteroatoms. The predicted octanol–water partition coefficient (Wildman–Crippen LogP) is -0.0522. The molecule has 0 spiro atoms. The van der Waals surface area contributed by atoms with Gasteiger partial charge in [0.15, 0.2) is 0 Å². The van der Waals surface area contributed by atoms with Crippen LogP contribution in [0.1, 0.15) is 13.8 Å². The van der Waals surface area contributed by atoms with E-state index in [1.54, 1.807) is 11.8 Å². The van der Waals surface area contributed by atoms with Crippen LogP contribution in [0, 0.1) is 0 Å². The summed E-state index contributed by atoms with van der Waals surface area (Å²) in [5, 5.41) is 12.5. The van der Waals surface area contributed by atoms with Crippen molar-refractivity contribution in [2.24, 2.45) is 5.16 Å². The van der Waals surface area contributed by atoms with Gasteiger partial charge in [-0.15, -0.1) is 0 Å². The minimum atomic E-state index is -0.866. The second-order valence-corrected chi connectivity index (χ2v) is 1.86. The summed E-state index contributed by atoms with van der Waals surface area (Å²) in [6, 6.07) is 0. The summed E-state index contributed by atoms with van der Waals surface area (Å²) < 4.78 is 0. The Hall–Kier alpha value is -0.770. The molecule has 0 amide bonds. The third kappa shape index (κ3) is 0.977. The average molecular weight is 130 g/mol. The van der Waals surface area contributed by atoms with Crippen LogP contribution in [0.15, 0.2) is 5.16 Å². The van der Waals surface area contributed by atoms with Gasteiger partial charge in [0.25, 0.3) is 0 Å². The van der Waals surface area contributed by atoms with Crippen molar-refractivity contribution >= 4 is 5.84 Å². The van der Waals surface area contributed by atoms with Crippen LogP contribution in [0.4, 0.5) is 0 Å². The van der Waals surface area contributed by atoms with Crippen molar-refractivity contribution < 1.29 is 9.94 Å². The van der Waals surface area contributed by atoms with Crippen LogP contribution in [-0.4, -0.2) is 28.8 Å². The van der Waals surface area contributed by atoms with Crippen LogP contribution in [0.3, 0.4) is 0 Å². The standard InChI is InChI=1S/C5H10N2O2/c1-3-7-4(2)6-9-5(7)8/h5,8H,3H2,1-2H3. The second-order valence-electron chi connectivity index (χ2n) is 1.86. The van der Waals surface area contributed by atoms with Gasteiger partial charge < -0.3 is 9.94 Å². The number of oxime groups is 1. The van der Waals surface area contributed by atoms with E-state index in [-0.39, 0.29) is 0 Å². The van der Waals surface area contributed by atoms with Crippen LogP contribution in [-0.2, 0) is 4.84 Å². The Morgan fingerprint density at radius 3 is 2.78 bits per heavy atom. The molecule has 0 fully saturated rings. The van der Waals surface area contributed by atoms with E-state index in [1.165, 1.54) is 0 Å². The van der Waals surface area contributed by atoms with E-state index < -0.39 is 6.41 Å². The highest BCUT2D eigenvalue weighted by atomic mass is 16.7. The highest BCUT2D eigenvalue weighted by molar-refractivity contribution is 5.79. The molecule has 1 aliphatic heterocycles. The fourth-order valence-corrected chi connectivity index (χ4v) is 0.778. The zero-order valence-electron chi connectivity index (χ0n) is 5.53. The van der Waals surface area contributed by atoms with Crippen molar-refractivity contribution in [3.63, 3.8) is 0 Å². The quantitative estimate of drug-likeness (QED) is 0.541. The Labute approximate surface area is 53.7 Å². The van der Waals surface area contributed by atoms with E-state index in [0.29, 0.717) is 0 Å². The summed E-state index contributed by atoms with van der Waals surface area (Å²) in [5.41, 5.74) is 0. The van der Waals surface area contributed by atoms with Gasteiger partial charge in [0.05, 0.1) is 0 Å². The summed E-state index contributed by atoms with van der Waals surface area (Å²) in [7, 11) is 0. The van der Waals surface area contributed by atoms with Gasteiger partial charge in [0, 0.05) is 6.54 Å². The molecule has 1 N–H and O–H groups in total. The first-order valence-corrected chi connectivity index (χ1v) is 2.91. The van der Waals surface area contributed by atoms with E-state index in [9.17, 15) is 0 Å². The number of amidine groups is 1. The molecule has 1 rings (SSSR count). The number of rotatable bonds is 1. The van der Waals surface area contributed by atoms with E-state index in [2.05, 4.69) is 9.99 Å². The molecule has 0 saturated heterocycles. The summed E-state index contributed by atoms with van der Waals surface area (Å²) in [4.78, 5) is 6.19. The second kappa shape index (κ2) is 2.23. The lowest BCUT2D eigenvalue weighted by Gasteiger charge is -2.16. The molecule has 0 aromatic carbocycles. The number of aliphatic hydroxyl groups is 1. The lowest BCUT2D eigenvalue weighted by Crippen LogP contribution is -2.33. The Kier molecular flexibility index (Phi) is 1.57. The predicted molar refractivity (Wildman–Crippen MR) is 32.6 cm³/mol. The van der Waals surface area contributed by atoms with E-state index in [4.69, 9.17) is 5.11 Å². The molecule has 0 aromatic rings. The third-order valence-electron chi connectivity index (χ3n) is 1.30. The largest absolute Gasteiger partial charge is 0.340 e. The maximum Gasteiger partial charge on any atom is 0.307 e. The molecular weight excluding hydrogens is 120 g/mol. The summed E-state index contributed by atoms with van der Waals surface area (Å²) in [6.07, 6.45) is -0.866. The minimum Gasteiger partial charge on any atom is -0.340 e. The van der Waals surface area contributed by atoms with E-state index in [0.717, 1.165) is 12.4 Å². The molecule has 4 nitrogen and oxygen atoms in total. The van der Waals surface area contributed by atoms with E-state index in [1.807, 2.05) is 6.92 Å². The Morgan fingerprint density at radius 2 is 2.56 bits per heavy atom. The zero-order valence-corrected chi connectivity index (χ0v) is 5.53. The van der Waals surface area contributed by atoms with Crippen molar-refractivity contribution in [1.82, 2.24) is 4.90 Å². The smallest absolute Gasteiger partial charge is 0.307 e. The van der Waals surface area contributed by atoms with Gasteiger partial charge in [0.2, 0.25) is 0 Å². The first-order valence-electron chi connectivity index (χ1n) is 2.91. The van der Waals surface area contributed by atoms with Crippen LogP contribution in [0.5, 0.6) is 0 Å². The van der Waals surface area contributed by atoms with Gasteiger partial charge in [-0.25, -0.2) is 0 Å². The highest BCUT2D eigenvalue weighted by Gasteiger charge is 2.22. The van der Waals surface area contributed by atoms with Crippen LogP contribution in [0.2, 0.25) is 0 Å². The van der Waals surface area contributed by atoms with Crippen molar-refractivity contribution in [2.45, 2.75) is 20.3 Å². The summed E-state index contributed by atoms with van der Waals surface area (Å²) in [6.45, 7) is 4.44. The van der Waals surface area contributed by atoms with Crippen molar-refractivity contribution in [3.8, 4) is 0 Å². The fourth-order valence-electron chi connectivity index (χ4n) is 0.778. The van der Waals surface area contributed by atoms with Gasteiger partial charge in [-0.3, -0.25) is 4.90 Å². The average Bonchev–Trinajstić information content (AvgIpc) is 2.12. The van der Waals surface area contributed by atoms with Crippen molar-refractivity contribution in [2.75, 3.05) is 6.54 Å². The molecule has 0 saturated carbocycles. The molecule has 1 atom stereocenters. The van der Waals surface area contributed by atoms with E-state index >= 15 is 0 Å². The lowest BCUT2D eigenvalue weighted by atomic mass is 10.5. The Balaban J connectivity index is 2.57. The molecule has 9 heavy (non-hydrogen) atoms. The lowest BCUT2D eigenvalue weighted by molar-refractivity contribution is -0.144. The molecule has 52 valence electrons. The minimum absolute atomic E-state index is 0.719. The van der Waals surface area contributed by atoms with Gasteiger partial charge in [-0.05, 0) is 13.8 Å². The molecule has 1 unspecified atom stereocenters. The molecule has 1 aliphatic rings. The van der Waals surface area contributed by atoms with Crippen LogP contribution < -0.4 is 0 Å². The Morgan fingerprint density at radius 1 is 1.89 bits per heavy atom. The maximum absolute atomic E-state index is 8.95. The number of hydrogen-bond donors (Lipinski definition) is 1. The molecule has 0 radical (unpaired) electrons. The monoisotopic (exact) mass is 130 g/mol. The number of hydrogen-bond acceptors (Lipinski definition) is 4. The molecule has 0 bridgehead atoms. The normalized spacial score (nSPS) is 25.9. The van der Waals surface area contributed by atoms with Crippen molar-refractivity contribution in [3.05, 3.63) is 0 Å². The molecule has 0 aliphatic carbocycles. The van der Waals surface area contributed by atoms with Gasteiger partial charge in [0.1, 0.15) is 5.84 Å². The van der Waals surface area contributed by atoms with Gasteiger partial charge in [-0.2, -0.15) is 0 Å². The topological polar surface area (TPSA) is 45.1 Å². The van der Waals surface area contributed by atoms with Gasteiger partial charge >= 0.3 is 6.41 Å². The Bertz CT molecular complexity index is 135. The summed E-state index contributed by atoms with van der Waals surface area (Å²) >= 11 is 0. The molecule has 1 heterocycles. The summed E-state index contributed by atoms with van der Waals surface area (Å²) in [5.74, 6) is 0.727. The first kappa shape index (κ1) is 6.35. The van der Waals surface area contributed by atoms with Crippen LogP contribution >= 0.6 is 0 Å². The van der Waals surface area contributed by atoms with Crippen LogP contribution in [0.25, 0.3) is 0 Å². The molecule has 0 aromatic heterocycles. The zero-order chi connectivity index (χ0) is 6.85. The first-order chi connectivity index (χ1) is 4.25. The molecular formula is C5H10N2O2. The SMILES string of the molecule is CCN1C(C)=NOC1O. The highest BCUT2D eigenvalue weighted by Crippen LogP contribution is 2.07. The number of nitrogens with zero attached hydrogens (tertiary/aromatic N) is 2.